The molecule has 2 unspecified atom stereocenters. The van der Waals surface area contributed by atoms with E-state index in [0.717, 1.165) is 48.3 Å². The monoisotopic (exact) mass is 553 g/mol. The molecule has 4 rings (SSSR count). The number of aromatic nitrogens is 4. The Morgan fingerprint density at radius 1 is 1.18 bits per heavy atom. The molecule has 2 atom stereocenters. The number of hydrogen-bond donors (Lipinski definition) is 3. The highest BCUT2D eigenvalue weighted by Crippen LogP contribution is 2.39. The first-order valence-electron chi connectivity index (χ1n) is 13.1. The Kier molecular flexibility index (Phi) is 9.31. The Labute approximate surface area is 234 Å². The average molecular weight is 554 g/mol. The number of benzene rings is 1. The van der Waals surface area contributed by atoms with Crippen LogP contribution in [0.2, 0.25) is 0 Å². The van der Waals surface area contributed by atoms with Crippen LogP contribution in [0.4, 0.5) is 23.1 Å². The van der Waals surface area contributed by atoms with E-state index >= 15 is 0 Å². The molecule has 1 aromatic carbocycles. The van der Waals surface area contributed by atoms with Crippen molar-refractivity contribution in [1.82, 2.24) is 30.0 Å². The van der Waals surface area contributed by atoms with Crippen molar-refractivity contribution in [2.45, 2.75) is 49.8 Å². The number of rotatable bonds is 10. The summed E-state index contributed by atoms with van der Waals surface area (Å²) in [6, 6.07) is 10.2. The number of piperazine rings is 1. The van der Waals surface area contributed by atoms with E-state index in [1.165, 1.54) is 18.7 Å². The van der Waals surface area contributed by atoms with Crippen molar-refractivity contribution >= 4 is 40.8 Å². The fraction of sp³-hybridized carbons (Fsp3) is 0.481. The maximum absolute atomic E-state index is 11.4. The molecule has 1 fully saturated rings. The van der Waals surface area contributed by atoms with Crippen molar-refractivity contribution in [3.63, 3.8) is 0 Å². The summed E-state index contributed by atoms with van der Waals surface area (Å²) >= 11 is 1.45. The zero-order chi connectivity index (χ0) is 28.1. The lowest BCUT2D eigenvalue weighted by molar-refractivity contribution is -0.114. The fourth-order valence-electron chi connectivity index (χ4n) is 4.76. The van der Waals surface area contributed by atoms with Gasteiger partial charge in [0.25, 0.3) is 0 Å². The molecule has 3 aromatic rings. The fourth-order valence-corrected chi connectivity index (χ4v) is 5.51. The average Bonchev–Trinajstić information content (AvgIpc) is 3.28. The molecule has 39 heavy (non-hydrogen) atoms. The van der Waals surface area contributed by atoms with Crippen molar-refractivity contribution in [3.05, 3.63) is 36.0 Å². The van der Waals surface area contributed by atoms with Crippen molar-refractivity contribution < 1.29 is 9.53 Å². The van der Waals surface area contributed by atoms with Crippen LogP contribution in [0.5, 0.6) is 5.75 Å². The normalized spacial score (nSPS) is 17.9. The first kappa shape index (κ1) is 28.7. The van der Waals surface area contributed by atoms with E-state index in [2.05, 4.69) is 63.5 Å². The van der Waals surface area contributed by atoms with Crippen LogP contribution >= 0.6 is 11.8 Å². The van der Waals surface area contributed by atoms with Gasteiger partial charge in [-0.05, 0) is 70.9 Å². The minimum atomic E-state index is -0.104. The maximum atomic E-state index is 11.4. The summed E-state index contributed by atoms with van der Waals surface area (Å²) in [5.41, 5.74) is 1.69. The van der Waals surface area contributed by atoms with Crippen LogP contribution in [0.25, 0.3) is 0 Å². The Morgan fingerprint density at radius 3 is 2.44 bits per heavy atom. The third kappa shape index (κ3) is 7.40. The van der Waals surface area contributed by atoms with Gasteiger partial charge in [-0.3, -0.25) is 14.8 Å². The van der Waals surface area contributed by atoms with Crippen molar-refractivity contribution in [3.8, 4) is 5.75 Å². The first-order valence-corrected chi connectivity index (χ1v) is 13.9. The number of likely N-dealkylation sites (N-methyl/N-ethyl adjacent to an activating group) is 1. The van der Waals surface area contributed by atoms with Gasteiger partial charge in [-0.25, -0.2) is 9.97 Å². The highest BCUT2D eigenvalue weighted by atomic mass is 32.2. The van der Waals surface area contributed by atoms with E-state index in [-0.39, 0.29) is 5.91 Å². The molecule has 0 radical (unpaired) electrons. The molecular formula is C27H39N9O2S. The Hall–Kier alpha value is -3.35. The number of anilines is 4. The molecule has 3 heterocycles. The van der Waals surface area contributed by atoms with Gasteiger partial charge in [0.2, 0.25) is 11.7 Å². The molecule has 210 valence electrons. The summed E-state index contributed by atoms with van der Waals surface area (Å²) in [7, 11) is 5.87. The van der Waals surface area contributed by atoms with Gasteiger partial charge in [-0.15, -0.1) is 0 Å². The van der Waals surface area contributed by atoms with Crippen molar-refractivity contribution in [2.75, 3.05) is 62.9 Å². The predicted octanol–water partition coefficient (Wildman–Crippen LogP) is 3.83. The molecule has 3 N–H and O–H groups in total. The van der Waals surface area contributed by atoms with Gasteiger partial charge in [0.1, 0.15) is 0 Å². The van der Waals surface area contributed by atoms with Crippen LogP contribution in [0.1, 0.15) is 26.5 Å². The molecule has 0 spiro atoms. The molecule has 11 nitrogen and oxygen atoms in total. The highest BCUT2D eigenvalue weighted by molar-refractivity contribution is 7.99. The quantitative estimate of drug-likeness (QED) is 0.320. The smallest absolute Gasteiger partial charge is 0.221 e. The van der Waals surface area contributed by atoms with Gasteiger partial charge in [-0.1, -0.05) is 0 Å². The van der Waals surface area contributed by atoms with Crippen LogP contribution in [0, 0.1) is 6.92 Å². The SMILES string of the molecule is COc1c(Nc2cc(C)[nH]n2)nc(Sc2ccc(NC(C)=O)cc2)nc1N1CC(C)N(CCN(C)C)C(C)C1. The number of methoxy groups -OCH3 is 1. The Bertz CT molecular complexity index is 1250. The van der Waals surface area contributed by atoms with Crippen LogP contribution in [0.3, 0.4) is 0 Å². The lowest BCUT2D eigenvalue weighted by Crippen LogP contribution is -2.58. The second-order valence-electron chi connectivity index (χ2n) is 10.2. The van der Waals surface area contributed by atoms with Crippen LogP contribution in [-0.4, -0.2) is 95.3 Å². The van der Waals surface area contributed by atoms with E-state index in [0.29, 0.717) is 34.6 Å². The highest BCUT2D eigenvalue weighted by Gasteiger charge is 2.32. The zero-order valence-corrected chi connectivity index (χ0v) is 24.6. The van der Waals surface area contributed by atoms with E-state index in [4.69, 9.17) is 14.7 Å². The minimum Gasteiger partial charge on any atom is -0.490 e. The third-order valence-electron chi connectivity index (χ3n) is 6.57. The topological polar surface area (TPSA) is 115 Å². The number of nitrogens with zero attached hydrogens (tertiary/aromatic N) is 6. The second kappa shape index (κ2) is 12.7. The van der Waals surface area contributed by atoms with Gasteiger partial charge >= 0.3 is 0 Å². The molecule has 0 aliphatic carbocycles. The summed E-state index contributed by atoms with van der Waals surface area (Å²) in [4.78, 5) is 29.2. The second-order valence-corrected chi connectivity index (χ2v) is 11.3. The number of carbonyl (C=O) groups is 1. The van der Waals surface area contributed by atoms with Crippen LogP contribution in [-0.2, 0) is 4.79 Å². The first-order chi connectivity index (χ1) is 18.6. The van der Waals surface area contributed by atoms with E-state index in [9.17, 15) is 4.79 Å². The molecule has 12 heteroatoms. The number of ether oxygens (including phenoxy) is 1. The predicted molar refractivity (Wildman–Crippen MR) is 156 cm³/mol. The standard InChI is InChI=1S/C27H39N9O2S/c1-17-14-23(33-32-17)29-25-24(38-7)26(35-15-18(2)36(19(3)16-35)13-12-34(5)6)31-27(30-25)39-22-10-8-21(9-11-22)28-20(4)37/h8-11,14,18-19H,12-13,15-16H2,1-7H3,(H,28,37)(H2,29,30,31,32,33). The molecule has 0 saturated carbocycles. The largest absolute Gasteiger partial charge is 0.490 e. The number of aromatic amines is 1. The number of amides is 1. The minimum absolute atomic E-state index is 0.104. The van der Waals surface area contributed by atoms with Gasteiger partial charge in [0.15, 0.2) is 22.6 Å². The van der Waals surface area contributed by atoms with Crippen LogP contribution < -0.4 is 20.3 Å². The number of nitrogens with one attached hydrogen (secondary N) is 3. The summed E-state index contributed by atoms with van der Waals surface area (Å²) < 4.78 is 5.91. The van der Waals surface area contributed by atoms with Gasteiger partial charge < -0.3 is 25.2 Å². The van der Waals surface area contributed by atoms with Crippen LogP contribution in [0.15, 0.2) is 40.4 Å². The molecule has 1 amide bonds. The molecule has 1 saturated heterocycles. The van der Waals surface area contributed by atoms with E-state index in [1.807, 2.05) is 37.3 Å². The summed E-state index contributed by atoms with van der Waals surface area (Å²) in [5.74, 6) is 2.45. The van der Waals surface area contributed by atoms with E-state index < -0.39 is 0 Å². The summed E-state index contributed by atoms with van der Waals surface area (Å²) in [5, 5.41) is 14.0. The van der Waals surface area contributed by atoms with E-state index in [1.54, 1.807) is 7.11 Å². The molecule has 1 aliphatic rings. The number of hydrogen-bond acceptors (Lipinski definition) is 10. The molecule has 2 aromatic heterocycles. The molecule has 0 bridgehead atoms. The molecule has 1 aliphatic heterocycles. The summed E-state index contributed by atoms with van der Waals surface area (Å²) in [6.07, 6.45) is 0. The maximum Gasteiger partial charge on any atom is 0.221 e. The van der Waals surface area contributed by atoms with Gasteiger partial charge in [0.05, 0.1) is 7.11 Å². The zero-order valence-electron chi connectivity index (χ0n) is 23.8. The third-order valence-corrected chi connectivity index (χ3v) is 7.45. The number of H-pyrrole nitrogens is 1. The van der Waals surface area contributed by atoms with Gasteiger partial charge in [0, 0.05) is 67.5 Å². The molecular weight excluding hydrogens is 514 g/mol. The van der Waals surface area contributed by atoms with Crippen molar-refractivity contribution in [2.24, 2.45) is 0 Å². The summed E-state index contributed by atoms with van der Waals surface area (Å²) in [6.45, 7) is 11.7. The number of aryl methyl sites for hydroxylation is 1. The van der Waals surface area contributed by atoms with Crippen molar-refractivity contribution in [1.29, 1.82) is 0 Å². The Balaban J connectivity index is 1.66. The number of carbonyl (C=O) groups excluding carboxylic acids is 1. The van der Waals surface area contributed by atoms with Gasteiger partial charge in [-0.2, -0.15) is 5.10 Å². The lowest BCUT2D eigenvalue weighted by Gasteiger charge is -2.45. The lowest BCUT2D eigenvalue weighted by atomic mass is 10.1. The Morgan fingerprint density at radius 2 is 1.87 bits per heavy atom.